The molecule has 5 nitrogen and oxygen atoms in total. The molecule has 3 rings (SSSR count). The molecular formula is C17H11N3O2. The van der Waals surface area contributed by atoms with Gasteiger partial charge in [0.05, 0.1) is 17.2 Å². The number of pyridine rings is 1. The highest BCUT2D eigenvalue weighted by molar-refractivity contribution is 6.12. The Morgan fingerprint density at radius 2 is 1.91 bits per heavy atom. The molecule has 1 heterocycles. The monoisotopic (exact) mass is 289 g/mol. The van der Waals surface area contributed by atoms with E-state index in [4.69, 9.17) is 5.26 Å². The number of hydrogen-bond donors (Lipinski definition) is 2. The number of aromatic nitrogens is 1. The first kappa shape index (κ1) is 13.6. The van der Waals surface area contributed by atoms with E-state index in [0.29, 0.717) is 27.7 Å². The molecule has 0 radical (unpaired) electrons. The summed E-state index contributed by atoms with van der Waals surface area (Å²) in [5, 5.41) is 12.3. The van der Waals surface area contributed by atoms with Crippen LogP contribution < -0.4 is 10.9 Å². The minimum Gasteiger partial charge on any atom is -0.322 e. The van der Waals surface area contributed by atoms with Gasteiger partial charge in [-0.05, 0) is 24.3 Å². The number of carbonyl (C=O) groups excluding carboxylic acids is 1. The smallest absolute Gasteiger partial charge is 0.256 e. The normalized spacial score (nSPS) is 10.1. The number of para-hydroxylation sites is 1. The summed E-state index contributed by atoms with van der Waals surface area (Å²) >= 11 is 0. The molecular weight excluding hydrogens is 278 g/mol. The fourth-order valence-electron chi connectivity index (χ4n) is 2.26. The summed E-state index contributed by atoms with van der Waals surface area (Å²) in [7, 11) is 0. The van der Waals surface area contributed by atoms with Gasteiger partial charge in [0, 0.05) is 22.7 Å². The Balaban J connectivity index is 2.02. The van der Waals surface area contributed by atoms with E-state index in [1.807, 2.05) is 6.07 Å². The highest BCUT2D eigenvalue weighted by Gasteiger charge is 2.12. The van der Waals surface area contributed by atoms with Crippen molar-refractivity contribution in [1.82, 2.24) is 4.98 Å². The fraction of sp³-hybridized carbons (Fsp3) is 0. The summed E-state index contributed by atoms with van der Waals surface area (Å²) in [5.74, 6) is -0.391. The third-order valence-corrected chi connectivity index (χ3v) is 3.24. The number of fused-ring (bicyclic) bond motifs is 1. The Kier molecular flexibility index (Phi) is 3.42. The van der Waals surface area contributed by atoms with E-state index in [1.54, 1.807) is 48.5 Å². The SMILES string of the molecule is N#Cc1cccc(NC(=O)c2cc(=O)[nH]c3ccccc23)c1. The zero-order valence-corrected chi connectivity index (χ0v) is 11.5. The second kappa shape index (κ2) is 5.54. The average molecular weight is 289 g/mol. The van der Waals surface area contributed by atoms with Gasteiger partial charge in [-0.15, -0.1) is 0 Å². The zero-order valence-electron chi connectivity index (χ0n) is 11.5. The van der Waals surface area contributed by atoms with Crippen molar-refractivity contribution in [2.45, 2.75) is 0 Å². The van der Waals surface area contributed by atoms with Crippen LogP contribution in [0.25, 0.3) is 10.9 Å². The number of nitrogens with one attached hydrogen (secondary N) is 2. The summed E-state index contributed by atoms with van der Waals surface area (Å²) in [6.07, 6.45) is 0. The van der Waals surface area contributed by atoms with Gasteiger partial charge in [0.25, 0.3) is 5.91 Å². The second-order valence-electron chi connectivity index (χ2n) is 4.74. The number of aromatic amines is 1. The Labute approximate surface area is 125 Å². The van der Waals surface area contributed by atoms with Crippen molar-refractivity contribution in [2.24, 2.45) is 0 Å². The van der Waals surface area contributed by atoms with Gasteiger partial charge in [0.15, 0.2) is 0 Å². The number of rotatable bonds is 2. The predicted octanol–water partition coefficient (Wildman–Crippen LogP) is 2.65. The van der Waals surface area contributed by atoms with Crippen LogP contribution in [0.5, 0.6) is 0 Å². The summed E-state index contributed by atoms with van der Waals surface area (Å²) in [6, 6.07) is 17.0. The number of hydrogen-bond acceptors (Lipinski definition) is 3. The van der Waals surface area contributed by atoms with Crippen molar-refractivity contribution in [3.05, 3.63) is 76.1 Å². The maximum atomic E-state index is 12.4. The molecule has 0 saturated carbocycles. The van der Waals surface area contributed by atoms with E-state index in [1.165, 1.54) is 6.07 Å². The first-order valence-electron chi connectivity index (χ1n) is 6.61. The molecule has 0 aliphatic heterocycles. The topological polar surface area (TPSA) is 85.8 Å². The molecule has 0 aliphatic carbocycles. The Hall–Kier alpha value is -3.39. The third kappa shape index (κ3) is 2.58. The summed E-state index contributed by atoms with van der Waals surface area (Å²) in [5.41, 5.74) is 1.52. The Bertz CT molecular complexity index is 967. The maximum absolute atomic E-state index is 12.4. The van der Waals surface area contributed by atoms with Crippen LogP contribution in [0.1, 0.15) is 15.9 Å². The molecule has 0 unspecified atom stereocenters. The number of nitrogens with zero attached hydrogens (tertiary/aromatic N) is 1. The van der Waals surface area contributed by atoms with Crippen molar-refractivity contribution >= 4 is 22.5 Å². The summed E-state index contributed by atoms with van der Waals surface area (Å²) in [6.45, 7) is 0. The highest BCUT2D eigenvalue weighted by Crippen LogP contribution is 2.17. The molecule has 3 aromatic rings. The van der Waals surface area contributed by atoms with Gasteiger partial charge in [0.2, 0.25) is 5.56 Å². The molecule has 22 heavy (non-hydrogen) atoms. The van der Waals surface area contributed by atoms with Gasteiger partial charge in [-0.2, -0.15) is 5.26 Å². The van der Waals surface area contributed by atoms with Crippen LogP contribution in [0.15, 0.2) is 59.4 Å². The molecule has 5 heteroatoms. The molecule has 0 bridgehead atoms. The minimum absolute atomic E-state index is 0.293. The van der Waals surface area contributed by atoms with Gasteiger partial charge in [0.1, 0.15) is 0 Å². The van der Waals surface area contributed by atoms with Gasteiger partial charge in [-0.1, -0.05) is 24.3 Å². The lowest BCUT2D eigenvalue weighted by Crippen LogP contribution is -2.16. The van der Waals surface area contributed by atoms with E-state index >= 15 is 0 Å². The zero-order chi connectivity index (χ0) is 15.5. The van der Waals surface area contributed by atoms with Crippen LogP contribution in [0.4, 0.5) is 5.69 Å². The molecule has 0 aliphatic rings. The van der Waals surface area contributed by atoms with Crippen LogP contribution in [-0.4, -0.2) is 10.9 Å². The summed E-state index contributed by atoms with van der Waals surface area (Å²) < 4.78 is 0. The fourth-order valence-corrected chi connectivity index (χ4v) is 2.26. The van der Waals surface area contributed by atoms with Crippen LogP contribution in [0, 0.1) is 11.3 Å². The molecule has 0 saturated heterocycles. The lowest BCUT2D eigenvalue weighted by molar-refractivity contribution is 0.102. The van der Waals surface area contributed by atoms with E-state index in [9.17, 15) is 9.59 Å². The van der Waals surface area contributed by atoms with E-state index in [2.05, 4.69) is 10.3 Å². The molecule has 0 spiro atoms. The first-order chi connectivity index (χ1) is 10.7. The van der Waals surface area contributed by atoms with Crippen molar-refractivity contribution in [1.29, 1.82) is 5.26 Å². The maximum Gasteiger partial charge on any atom is 0.256 e. The third-order valence-electron chi connectivity index (χ3n) is 3.24. The quantitative estimate of drug-likeness (QED) is 0.760. The van der Waals surface area contributed by atoms with E-state index in [0.717, 1.165) is 0 Å². The van der Waals surface area contributed by atoms with Crippen LogP contribution >= 0.6 is 0 Å². The Morgan fingerprint density at radius 1 is 1.09 bits per heavy atom. The minimum atomic E-state index is -0.391. The van der Waals surface area contributed by atoms with Gasteiger partial charge >= 0.3 is 0 Å². The number of amides is 1. The number of carbonyl (C=O) groups is 1. The van der Waals surface area contributed by atoms with Crippen molar-refractivity contribution in [3.8, 4) is 6.07 Å². The predicted molar refractivity (Wildman–Crippen MR) is 83.7 cm³/mol. The number of benzene rings is 2. The van der Waals surface area contributed by atoms with Crippen molar-refractivity contribution < 1.29 is 4.79 Å². The van der Waals surface area contributed by atoms with Crippen LogP contribution in [0.3, 0.4) is 0 Å². The van der Waals surface area contributed by atoms with Gasteiger partial charge < -0.3 is 10.3 Å². The molecule has 2 N–H and O–H groups in total. The van der Waals surface area contributed by atoms with Gasteiger partial charge in [-0.25, -0.2) is 0 Å². The molecule has 2 aromatic carbocycles. The van der Waals surface area contributed by atoms with E-state index in [-0.39, 0.29) is 5.56 Å². The van der Waals surface area contributed by atoms with Crippen molar-refractivity contribution in [2.75, 3.05) is 5.32 Å². The van der Waals surface area contributed by atoms with Crippen LogP contribution in [-0.2, 0) is 0 Å². The molecule has 0 fully saturated rings. The first-order valence-corrected chi connectivity index (χ1v) is 6.61. The van der Waals surface area contributed by atoms with Gasteiger partial charge in [-0.3, -0.25) is 9.59 Å². The molecule has 1 aromatic heterocycles. The second-order valence-corrected chi connectivity index (χ2v) is 4.74. The number of anilines is 1. The lowest BCUT2D eigenvalue weighted by atomic mass is 10.1. The lowest BCUT2D eigenvalue weighted by Gasteiger charge is -2.08. The molecule has 1 amide bonds. The summed E-state index contributed by atoms with van der Waals surface area (Å²) in [4.78, 5) is 26.8. The Morgan fingerprint density at radius 3 is 2.73 bits per heavy atom. The average Bonchev–Trinajstić information content (AvgIpc) is 2.54. The number of nitriles is 1. The number of H-pyrrole nitrogens is 1. The largest absolute Gasteiger partial charge is 0.322 e. The van der Waals surface area contributed by atoms with Crippen LogP contribution in [0.2, 0.25) is 0 Å². The van der Waals surface area contributed by atoms with Crippen molar-refractivity contribution in [3.63, 3.8) is 0 Å². The molecule has 0 atom stereocenters. The molecule has 106 valence electrons. The standard InChI is InChI=1S/C17H11N3O2/c18-10-11-4-3-5-12(8-11)19-17(22)14-9-16(21)20-15-7-2-1-6-13(14)15/h1-9H,(H,19,22)(H,20,21). The van der Waals surface area contributed by atoms with E-state index < -0.39 is 5.91 Å². The highest BCUT2D eigenvalue weighted by atomic mass is 16.2.